The predicted octanol–water partition coefficient (Wildman–Crippen LogP) is 5.80. The lowest BCUT2D eigenvalue weighted by Gasteiger charge is -2.31. The van der Waals surface area contributed by atoms with Crippen molar-refractivity contribution in [2.75, 3.05) is 13.1 Å². The van der Waals surface area contributed by atoms with Crippen LogP contribution in [0, 0.1) is 5.92 Å². The number of rotatable bonds is 4. The van der Waals surface area contributed by atoms with Crippen LogP contribution in [0.4, 0.5) is 0 Å². The number of piperidine rings is 1. The molecule has 2 heterocycles. The number of amides is 1. The van der Waals surface area contributed by atoms with E-state index in [1.165, 1.54) is 11.3 Å². The fourth-order valence-corrected chi connectivity index (χ4v) is 4.67. The van der Waals surface area contributed by atoms with Crippen molar-refractivity contribution in [3.8, 4) is 10.4 Å². The number of ketones is 1. The summed E-state index contributed by atoms with van der Waals surface area (Å²) in [7, 11) is 0. The summed E-state index contributed by atoms with van der Waals surface area (Å²) in [5.74, 6) is 0.240. The fraction of sp³-hybridized carbons (Fsp3) is 0.217. The number of halogens is 1. The molecular weight excluding hydrogens is 390 g/mol. The molecule has 3 nitrogen and oxygen atoms in total. The van der Waals surface area contributed by atoms with Gasteiger partial charge >= 0.3 is 0 Å². The molecule has 142 valence electrons. The van der Waals surface area contributed by atoms with E-state index in [9.17, 15) is 9.59 Å². The van der Waals surface area contributed by atoms with Gasteiger partial charge in [-0.2, -0.15) is 0 Å². The summed E-state index contributed by atoms with van der Waals surface area (Å²) in [5.41, 5.74) is 1.82. The summed E-state index contributed by atoms with van der Waals surface area (Å²) in [6.45, 7) is 1.24. The number of benzene rings is 2. The van der Waals surface area contributed by atoms with Gasteiger partial charge in [0, 0.05) is 34.5 Å². The molecule has 1 saturated heterocycles. The van der Waals surface area contributed by atoms with E-state index in [4.69, 9.17) is 11.6 Å². The Labute approximate surface area is 173 Å². The van der Waals surface area contributed by atoms with Crippen molar-refractivity contribution in [3.05, 3.63) is 82.2 Å². The lowest BCUT2D eigenvalue weighted by molar-refractivity contribution is 0.0654. The van der Waals surface area contributed by atoms with Gasteiger partial charge in [-0.25, -0.2) is 0 Å². The highest BCUT2D eigenvalue weighted by molar-refractivity contribution is 7.17. The molecule has 1 aromatic heterocycles. The second kappa shape index (κ2) is 8.29. The summed E-state index contributed by atoms with van der Waals surface area (Å²) in [6.07, 6.45) is 1.43. The van der Waals surface area contributed by atoms with Crippen LogP contribution in [0.3, 0.4) is 0 Å². The van der Waals surface area contributed by atoms with Crippen LogP contribution in [-0.2, 0) is 0 Å². The molecule has 3 aromatic rings. The Morgan fingerprint density at radius 2 is 1.57 bits per heavy atom. The zero-order valence-corrected chi connectivity index (χ0v) is 16.9. The number of hydrogen-bond acceptors (Lipinski definition) is 3. The SMILES string of the molecule is O=C(c1ccccc1)C1CCN(C(=O)c2ccc(-c3ccc(Cl)cc3)s2)CC1. The minimum Gasteiger partial charge on any atom is -0.338 e. The lowest BCUT2D eigenvalue weighted by Crippen LogP contribution is -2.40. The van der Waals surface area contributed by atoms with E-state index >= 15 is 0 Å². The topological polar surface area (TPSA) is 37.4 Å². The van der Waals surface area contributed by atoms with E-state index in [0.29, 0.717) is 18.1 Å². The third-order valence-electron chi connectivity index (χ3n) is 5.16. The van der Waals surface area contributed by atoms with Crippen LogP contribution in [0.5, 0.6) is 0 Å². The molecule has 1 aliphatic rings. The highest BCUT2D eigenvalue weighted by Crippen LogP contribution is 2.31. The van der Waals surface area contributed by atoms with Gasteiger partial charge in [0.2, 0.25) is 0 Å². The average Bonchev–Trinajstić information content (AvgIpc) is 3.24. The van der Waals surface area contributed by atoms with E-state index < -0.39 is 0 Å². The highest BCUT2D eigenvalue weighted by atomic mass is 35.5. The number of hydrogen-bond donors (Lipinski definition) is 0. The summed E-state index contributed by atoms with van der Waals surface area (Å²) in [5, 5.41) is 0.699. The lowest BCUT2D eigenvalue weighted by atomic mass is 9.89. The van der Waals surface area contributed by atoms with Crippen molar-refractivity contribution in [1.29, 1.82) is 0 Å². The molecule has 1 aliphatic heterocycles. The molecular formula is C23H20ClNO2S. The molecule has 1 amide bonds. The average molecular weight is 410 g/mol. The second-order valence-electron chi connectivity index (χ2n) is 6.97. The largest absolute Gasteiger partial charge is 0.338 e. The molecule has 2 aromatic carbocycles. The van der Waals surface area contributed by atoms with Gasteiger partial charge in [-0.05, 0) is 42.7 Å². The van der Waals surface area contributed by atoms with E-state index in [1.54, 1.807) is 0 Å². The molecule has 0 unspecified atom stereocenters. The van der Waals surface area contributed by atoms with Gasteiger partial charge in [-0.3, -0.25) is 9.59 Å². The second-order valence-corrected chi connectivity index (χ2v) is 8.49. The van der Waals surface area contributed by atoms with Crippen LogP contribution in [-0.4, -0.2) is 29.7 Å². The maximum absolute atomic E-state index is 12.9. The molecule has 0 atom stereocenters. The standard InChI is InChI=1S/C23H20ClNO2S/c24-19-8-6-16(7-9-19)20-10-11-21(28-20)23(27)25-14-12-18(13-15-25)22(26)17-4-2-1-3-5-17/h1-11,18H,12-15H2. The van der Waals surface area contributed by atoms with Gasteiger partial charge in [0.25, 0.3) is 5.91 Å². The third-order valence-corrected chi connectivity index (χ3v) is 6.53. The zero-order valence-electron chi connectivity index (χ0n) is 15.3. The molecule has 0 saturated carbocycles. The monoisotopic (exact) mass is 409 g/mol. The van der Waals surface area contributed by atoms with Crippen molar-refractivity contribution in [2.45, 2.75) is 12.8 Å². The first-order valence-corrected chi connectivity index (χ1v) is 10.6. The van der Waals surface area contributed by atoms with E-state index in [2.05, 4.69) is 0 Å². The molecule has 28 heavy (non-hydrogen) atoms. The quantitative estimate of drug-likeness (QED) is 0.510. The molecule has 0 radical (unpaired) electrons. The maximum atomic E-state index is 12.9. The Morgan fingerprint density at radius 1 is 0.893 bits per heavy atom. The van der Waals surface area contributed by atoms with Crippen LogP contribution >= 0.6 is 22.9 Å². The van der Waals surface area contributed by atoms with Crippen LogP contribution in [0.2, 0.25) is 5.02 Å². The molecule has 4 rings (SSSR count). The van der Waals surface area contributed by atoms with E-state index in [1.807, 2.05) is 71.6 Å². The van der Waals surface area contributed by atoms with Gasteiger partial charge in [0.1, 0.15) is 0 Å². The van der Waals surface area contributed by atoms with Gasteiger partial charge in [-0.15, -0.1) is 11.3 Å². The summed E-state index contributed by atoms with van der Waals surface area (Å²) in [6, 6.07) is 20.9. The van der Waals surface area contributed by atoms with Crippen LogP contribution in [0.25, 0.3) is 10.4 Å². The van der Waals surface area contributed by atoms with Gasteiger partial charge in [-0.1, -0.05) is 54.1 Å². The Hall–Kier alpha value is -2.43. The third kappa shape index (κ3) is 4.03. The number of likely N-dealkylation sites (tertiary alicyclic amines) is 1. The van der Waals surface area contributed by atoms with Gasteiger partial charge in [0.15, 0.2) is 5.78 Å². The van der Waals surface area contributed by atoms with Gasteiger partial charge in [0.05, 0.1) is 4.88 Å². The Bertz CT molecular complexity index is 973. The highest BCUT2D eigenvalue weighted by Gasteiger charge is 2.28. The van der Waals surface area contributed by atoms with Crippen LogP contribution in [0.1, 0.15) is 32.9 Å². The number of carbonyl (C=O) groups excluding carboxylic acids is 2. The molecule has 1 fully saturated rings. The smallest absolute Gasteiger partial charge is 0.263 e. The number of nitrogens with zero attached hydrogens (tertiary/aromatic N) is 1. The molecule has 0 aliphatic carbocycles. The fourth-order valence-electron chi connectivity index (χ4n) is 3.56. The maximum Gasteiger partial charge on any atom is 0.263 e. The molecule has 5 heteroatoms. The Balaban J connectivity index is 1.39. The van der Waals surface area contributed by atoms with Crippen molar-refractivity contribution in [3.63, 3.8) is 0 Å². The Morgan fingerprint density at radius 3 is 2.25 bits per heavy atom. The number of carbonyl (C=O) groups is 2. The molecule has 0 spiro atoms. The van der Waals surface area contributed by atoms with Crippen LogP contribution in [0.15, 0.2) is 66.7 Å². The normalized spacial score (nSPS) is 14.8. The van der Waals surface area contributed by atoms with Crippen molar-refractivity contribution in [2.24, 2.45) is 5.92 Å². The minimum atomic E-state index is -0.000543. The first-order valence-electron chi connectivity index (χ1n) is 9.36. The summed E-state index contributed by atoms with van der Waals surface area (Å²) in [4.78, 5) is 29.1. The first kappa shape index (κ1) is 18.9. The summed E-state index contributed by atoms with van der Waals surface area (Å²) < 4.78 is 0. The predicted molar refractivity (Wildman–Crippen MR) is 114 cm³/mol. The Kier molecular flexibility index (Phi) is 5.60. The molecule has 0 N–H and O–H groups in total. The van der Waals surface area contributed by atoms with Crippen molar-refractivity contribution >= 4 is 34.6 Å². The molecule has 0 bridgehead atoms. The van der Waals surface area contributed by atoms with Crippen LogP contribution < -0.4 is 0 Å². The minimum absolute atomic E-state index is 0.000543. The van der Waals surface area contributed by atoms with Crippen molar-refractivity contribution in [1.82, 2.24) is 4.90 Å². The van der Waals surface area contributed by atoms with Crippen molar-refractivity contribution < 1.29 is 9.59 Å². The van der Waals surface area contributed by atoms with Gasteiger partial charge < -0.3 is 4.90 Å². The number of thiophene rings is 1. The number of Topliss-reactive ketones (excluding diaryl/α,β-unsaturated/α-hetero) is 1. The zero-order chi connectivity index (χ0) is 19.5. The van der Waals surface area contributed by atoms with E-state index in [-0.39, 0.29) is 17.6 Å². The summed E-state index contributed by atoms with van der Waals surface area (Å²) >= 11 is 7.44. The van der Waals surface area contributed by atoms with E-state index in [0.717, 1.165) is 33.7 Å². The first-order chi connectivity index (χ1) is 13.6.